The third kappa shape index (κ3) is 0.943. The molecule has 0 radical (unpaired) electrons. The van der Waals surface area contributed by atoms with Crippen LogP contribution < -0.4 is 0 Å². The summed E-state index contributed by atoms with van der Waals surface area (Å²) in [6.45, 7) is 3.65. The van der Waals surface area contributed by atoms with E-state index in [1.807, 2.05) is 13.8 Å². The lowest BCUT2D eigenvalue weighted by Crippen LogP contribution is -2.26. The lowest BCUT2D eigenvalue weighted by Gasteiger charge is -2.13. The predicted octanol–water partition coefficient (Wildman–Crippen LogP) is 1.07. The van der Waals surface area contributed by atoms with Crippen molar-refractivity contribution in [2.24, 2.45) is 10.4 Å². The summed E-state index contributed by atoms with van der Waals surface area (Å²) in [5.41, 5.74) is -0.182. The Labute approximate surface area is 59.1 Å². The Kier molecular flexibility index (Phi) is 1.35. The number of aliphatic imine (C=N–C) groups is 1. The molecule has 0 spiro atoms. The van der Waals surface area contributed by atoms with Crippen molar-refractivity contribution in [1.29, 1.82) is 0 Å². The second kappa shape index (κ2) is 1.94. The maximum atomic E-state index is 10.4. The highest BCUT2D eigenvalue weighted by atomic mass is 16.4. The molecule has 1 rings (SSSR count). The van der Waals surface area contributed by atoms with Crippen molar-refractivity contribution < 1.29 is 9.90 Å². The summed E-state index contributed by atoms with van der Waals surface area (Å²) in [7, 11) is 0. The fourth-order valence-electron chi connectivity index (χ4n) is 0.874. The number of hydrogen-bond acceptors (Lipinski definition) is 2. The van der Waals surface area contributed by atoms with E-state index in [4.69, 9.17) is 5.11 Å². The molecule has 54 valence electrons. The minimum atomic E-state index is -0.935. The Morgan fingerprint density at radius 1 is 1.70 bits per heavy atom. The van der Waals surface area contributed by atoms with E-state index in [0.29, 0.717) is 0 Å². The maximum Gasteiger partial charge on any atom is 0.351 e. The standard InChI is InChI=1S/C7H9NO2/c1-7(2)3-4-8-5(7)6(9)10/h3-4H,1-2H3,(H,9,10). The van der Waals surface area contributed by atoms with E-state index in [-0.39, 0.29) is 5.71 Å². The number of hydrogen-bond donors (Lipinski definition) is 1. The number of rotatable bonds is 1. The van der Waals surface area contributed by atoms with E-state index < -0.39 is 11.4 Å². The molecule has 0 aromatic carbocycles. The molecule has 0 amide bonds. The molecule has 1 heterocycles. The van der Waals surface area contributed by atoms with Gasteiger partial charge in [-0.1, -0.05) is 19.9 Å². The highest BCUT2D eigenvalue weighted by Crippen LogP contribution is 2.24. The predicted molar refractivity (Wildman–Crippen MR) is 38.0 cm³/mol. The van der Waals surface area contributed by atoms with Gasteiger partial charge >= 0.3 is 5.97 Å². The largest absolute Gasteiger partial charge is 0.477 e. The Bertz CT molecular complexity index is 226. The van der Waals surface area contributed by atoms with Gasteiger partial charge in [0.25, 0.3) is 0 Å². The first-order valence-corrected chi connectivity index (χ1v) is 3.03. The van der Waals surface area contributed by atoms with Crippen LogP contribution in [0, 0.1) is 5.41 Å². The Hall–Kier alpha value is -1.12. The summed E-state index contributed by atoms with van der Waals surface area (Å²) in [5.74, 6) is -0.935. The topological polar surface area (TPSA) is 49.7 Å². The summed E-state index contributed by atoms with van der Waals surface area (Å²) >= 11 is 0. The SMILES string of the molecule is CC1(C)C=CN=C1C(=O)O. The number of aliphatic carboxylic acids is 1. The van der Waals surface area contributed by atoms with Crippen LogP contribution in [0.1, 0.15) is 13.8 Å². The minimum absolute atomic E-state index is 0.215. The van der Waals surface area contributed by atoms with Crippen LogP contribution in [0.2, 0.25) is 0 Å². The van der Waals surface area contributed by atoms with Gasteiger partial charge < -0.3 is 5.11 Å². The zero-order chi connectivity index (χ0) is 7.78. The second-order valence-corrected chi connectivity index (χ2v) is 2.82. The molecule has 0 saturated heterocycles. The minimum Gasteiger partial charge on any atom is -0.477 e. The van der Waals surface area contributed by atoms with Gasteiger partial charge in [0.2, 0.25) is 0 Å². The van der Waals surface area contributed by atoms with Crippen molar-refractivity contribution in [2.45, 2.75) is 13.8 Å². The molecule has 0 unspecified atom stereocenters. The van der Waals surface area contributed by atoms with Crippen LogP contribution in [-0.2, 0) is 4.79 Å². The summed E-state index contributed by atoms with van der Waals surface area (Å²) in [6.07, 6.45) is 3.31. The van der Waals surface area contributed by atoms with Crippen molar-refractivity contribution in [2.75, 3.05) is 0 Å². The summed E-state index contributed by atoms with van der Waals surface area (Å²) in [5, 5.41) is 8.58. The first-order valence-electron chi connectivity index (χ1n) is 3.03. The van der Waals surface area contributed by atoms with Gasteiger partial charge in [-0.25, -0.2) is 4.79 Å². The molecule has 0 saturated carbocycles. The molecule has 1 aliphatic rings. The third-order valence-corrected chi connectivity index (χ3v) is 1.51. The van der Waals surface area contributed by atoms with Crippen LogP contribution in [0.4, 0.5) is 0 Å². The van der Waals surface area contributed by atoms with E-state index in [0.717, 1.165) is 0 Å². The van der Waals surface area contributed by atoms with E-state index in [1.54, 1.807) is 6.08 Å². The van der Waals surface area contributed by atoms with Crippen molar-refractivity contribution >= 4 is 11.7 Å². The van der Waals surface area contributed by atoms with Gasteiger partial charge in [-0.3, -0.25) is 4.99 Å². The van der Waals surface area contributed by atoms with E-state index in [1.165, 1.54) is 6.20 Å². The van der Waals surface area contributed by atoms with Crippen molar-refractivity contribution in [3.8, 4) is 0 Å². The monoisotopic (exact) mass is 139 g/mol. The molecule has 0 bridgehead atoms. The smallest absolute Gasteiger partial charge is 0.351 e. The van der Waals surface area contributed by atoms with Gasteiger partial charge in [0.1, 0.15) is 5.71 Å². The number of carboxylic acid groups (broad SMARTS) is 1. The molecule has 0 aliphatic carbocycles. The average Bonchev–Trinajstić information content (AvgIpc) is 2.08. The zero-order valence-electron chi connectivity index (χ0n) is 5.96. The highest BCUT2D eigenvalue weighted by Gasteiger charge is 2.30. The Morgan fingerprint density at radius 3 is 2.50 bits per heavy atom. The molecule has 3 heteroatoms. The first-order chi connectivity index (χ1) is 4.54. The van der Waals surface area contributed by atoms with Crippen molar-refractivity contribution in [3.63, 3.8) is 0 Å². The number of nitrogens with zero attached hydrogens (tertiary/aromatic N) is 1. The van der Waals surface area contributed by atoms with Gasteiger partial charge in [-0.15, -0.1) is 0 Å². The number of carbonyl (C=O) groups is 1. The Morgan fingerprint density at radius 2 is 2.30 bits per heavy atom. The molecule has 1 aliphatic heterocycles. The van der Waals surface area contributed by atoms with Crippen LogP contribution in [-0.4, -0.2) is 16.8 Å². The van der Waals surface area contributed by atoms with Gasteiger partial charge in [-0.2, -0.15) is 0 Å². The molecule has 0 atom stereocenters. The maximum absolute atomic E-state index is 10.4. The van der Waals surface area contributed by atoms with E-state index >= 15 is 0 Å². The van der Waals surface area contributed by atoms with Gasteiger partial charge in [0.05, 0.1) is 0 Å². The first kappa shape index (κ1) is 6.99. The molecule has 0 aromatic heterocycles. The molecular weight excluding hydrogens is 130 g/mol. The third-order valence-electron chi connectivity index (χ3n) is 1.51. The van der Waals surface area contributed by atoms with Crippen molar-refractivity contribution in [3.05, 3.63) is 12.3 Å². The Balaban J connectivity index is 2.93. The summed E-state index contributed by atoms with van der Waals surface area (Å²) in [4.78, 5) is 14.2. The summed E-state index contributed by atoms with van der Waals surface area (Å²) < 4.78 is 0. The molecule has 10 heavy (non-hydrogen) atoms. The normalized spacial score (nSPS) is 20.8. The van der Waals surface area contributed by atoms with Crippen LogP contribution >= 0.6 is 0 Å². The molecule has 1 N–H and O–H groups in total. The lowest BCUT2D eigenvalue weighted by molar-refractivity contribution is -0.129. The second-order valence-electron chi connectivity index (χ2n) is 2.82. The molecule has 0 aromatic rings. The van der Waals surface area contributed by atoms with Crippen LogP contribution in [0.5, 0.6) is 0 Å². The lowest BCUT2D eigenvalue weighted by atomic mass is 9.89. The number of carboxylic acids is 1. The van der Waals surface area contributed by atoms with Gasteiger partial charge in [0.15, 0.2) is 0 Å². The van der Waals surface area contributed by atoms with Gasteiger partial charge in [-0.05, 0) is 0 Å². The number of allylic oxidation sites excluding steroid dienone is 1. The van der Waals surface area contributed by atoms with E-state index in [9.17, 15) is 4.79 Å². The zero-order valence-corrected chi connectivity index (χ0v) is 5.96. The fraction of sp³-hybridized carbons (Fsp3) is 0.429. The molecule has 3 nitrogen and oxygen atoms in total. The fourth-order valence-corrected chi connectivity index (χ4v) is 0.874. The average molecular weight is 139 g/mol. The van der Waals surface area contributed by atoms with Crippen LogP contribution in [0.15, 0.2) is 17.3 Å². The van der Waals surface area contributed by atoms with Gasteiger partial charge in [0, 0.05) is 11.6 Å². The molecular formula is C7H9NO2. The molecule has 0 fully saturated rings. The van der Waals surface area contributed by atoms with Crippen molar-refractivity contribution in [1.82, 2.24) is 0 Å². The van der Waals surface area contributed by atoms with E-state index in [2.05, 4.69) is 4.99 Å². The highest BCUT2D eigenvalue weighted by molar-refractivity contribution is 6.38. The quantitative estimate of drug-likeness (QED) is 0.590. The van der Waals surface area contributed by atoms with Crippen LogP contribution in [0.3, 0.4) is 0 Å². The van der Waals surface area contributed by atoms with Crippen LogP contribution in [0.25, 0.3) is 0 Å². The summed E-state index contributed by atoms with van der Waals surface area (Å²) in [6, 6.07) is 0.